The summed E-state index contributed by atoms with van der Waals surface area (Å²) in [5.74, 6) is 0.329. The molecule has 0 unspecified atom stereocenters. The van der Waals surface area contributed by atoms with Gasteiger partial charge >= 0.3 is 0 Å². The van der Waals surface area contributed by atoms with E-state index in [0.29, 0.717) is 5.82 Å². The fourth-order valence-electron chi connectivity index (χ4n) is 1.88. The van der Waals surface area contributed by atoms with Crippen LogP contribution in [0.2, 0.25) is 0 Å². The zero-order chi connectivity index (χ0) is 18.2. The molecule has 0 saturated carbocycles. The van der Waals surface area contributed by atoms with Crippen LogP contribution in [0.3, 0.4) is 0 Å². The number of pyridine rings is 1. The van der Waals surface area contributed by atoms with Crippen LogP contribution in [0, 0.1) is 0 Å². The number of halogens is 1. The summed E-state index contributed by atoms with van der Waals surface area (Å²) in [6.45, 7) is 10.5. The van der Waals surface area contributed by atoms with E-state index in [1.165, 1.54) is 11.6 Å². The predicted octanol–water partition coefficient (Wildman–Crippen LogP) is 5.82. The second-order valence-corrected chi connectivity index (χ2v) is 6.97. The number of nitrogens with one attached hydrogen (secondary N) is 1. The van der Waals surface area contributed by atoms with Gasteiger partial charge in [-0.25, -0.2) is 4.98 Å². The highest BCUT2D eigenvalue weighted by Gasteiger charge is 2.12. The Balaban J connectivity index is 0.00000139. The van der Waals surface area contributed by atoms with E-state index in [9.17, 15) is 4.79 Å². The molecule has 4 heteroatoms. The minimum absolute atomic E-state index is 0.132. The van der Waals surface area contributed by atoms with Gasteiger partial charge < -0.3 is 5.32 Å². The minimum Gasteiger partial charge on any atom is -0.307 e. The summed E-state index contributed by atoms with van der Waals surface area (Å²) in [6, 6.07) is 11.8. The maximum atomic E-state index is 11.8. The molecular formula is C20H25BrN2O. The van der Waals surface area contributed by atoms with E-state index in [2.05, 4.69) is 59.1 Å². The number of benzene rings is 1. The lowest BCUT2D eigenvalue weighted by atomic mass is 9.87. The zero-order valence-corrected chi connectivity index (χ0v) is 16.5. The van der Waals surface area contributed by atoms with Gasteiger partial charge in [0.15, 0.2) is 0 Å². The summed E-state index contributed by atoms with van der Waals surface area (Å²) in [5.41, 5.74) is 2.40. The average Bonchev–Trinajstić information content (AvgIpc) is 2.56. The summed E-state index contributed by atoms with van der Waals surface area (Å²) in [4.78, 5) is 15.9. The molecule has 0 radical (unpaired) electrons. The Morgan fingerprint density at radius 2 is 1.71 bits per heavy atom. The van der Waals surface area contributed by atoms with Crippen LogP contribution in [-0.4, -0.2) is 10.9 Å². The third-order valence-corrected chi connectivity index (χ3v) is 3.65. The van der Waals surface area contributed by atoms with Gasteiger partial charge in [-0.1, -0.05) is 58.9 Å². The first kappa shape index (κ1) is 20.1. The van der Waals surface area contributed by atoms with Crippen molar-refractivity contribution in [3.63, 3.8) is 0 Å². The van der Waals surface area contributed by atoms with Crippen molar-refractivity contribution in [1.82, 2.24) is 4.98 Å². The third kappa shape index (κ3) is 6.67. The van der Waals surface area contributed by atoms with Crippen molar-refractivity contribution in [3.8, 4) is 0 Å². The fraction of sp³-hybridized carbons (Fsp3) is 0.300. The van der Waals surface area contributed by atoms with E-state index in [1.54, 1.807) is 18.3 Å². The molecule has 128 valence electrons. The number of anilines is 1. The highest BCUT2D eigenvalue weighted by Crippen LogP contribution is 2.22. The Morgan fingerprint density at radius 3 is 2.21 bits per heavy atom. The van der Waals surface area contributed by atoms with Crippen LogP contribution in [0.5, 0.6) is 0 Å². The van der Waals surface area contributed by atoms with E-state index < -0.39 is 0 Å². The molecule has 0 atom stereocenters. The number of hydrogen-bond donors (Lipinski definition) is 1. The van der Waals surface area contributed by atoms with Crippen molar-refractivity contribution in [3.05, 3.63) is 64.3 Å². The smallest absolute Gasteiger partial charge is 0.249 e. The lowest BCUT2D eigenvalue weighted by Crippen LogP contribution is -2.10. The van der Waals surface area contributed by atoms with Gasteiger partial charge in [-0.3, -0.25) is 4.79 Å². The van der Waals surface area contributed by atoms with Crippen LogP contribution < -0.4 is 5.32 Å². The Labute approximate surface area is 153 Å². The lowest BCUT2D eigenvalue weighted by molar-refractivity contribution is -0.111. The second kappa shape index (κ2) is 9.38. The van der Waals surface area contributed by atoms with Crippen molar-refractivity contribution >= 4 is 33.7 Å². The summed E-state index contributed by atoms with van der Waals surface area (Å²) in [6.07, 6.45) is 4.95. The van der Waals surface area contributed by atoms with E-state index >= 15 is 0 Å². The molecular weight excluding hydrogens is 364 g/mol. The molecule has 0 saturated heterocycles. The van der Waals surface area contributed by atoms with Crippen molar-refractivity contribution < 1.29 is 4.79 Å². The van der Waals surface area contributed by atoms with E-state index in [1.807, 2.05) is 32.0 Å². The van der Waals surface area contributed by atoms with Crippen LogP contribution in [0.15, 0.2) is 53.1 Å². The molecule has 24 heavy (non-hydrogen) atoms. The highest BCUT2D eigenvalue weighted by atomic mass is 79.9. The monoisotopic (exact) mass is 388 g/mol. The normalized spacial score (nSPS) is 10.9. The van der Waals surface area contributed by atoms with Gasteiger partial charge in [-0.15, -0.1) is 0 Å². The number of rotatable bonds is 3. The average molecular weight is 389 g/mol. The van der Waals surface area contributed by atoms with Crippen molar-refractivity contribution in [2.45, 2.75) is 40.0 Å². The molecule has 0 bridgehead atoms. The van der Waals surface area contributed by atoms with Gasteiger partial charge in [0, 0.05) is 16.7 Å². The molecule has 1 heterocycles. The fourth-order valence-corrected chi connectivity index (χ4v) is 2.12. The van der Waals surface area contributed by atoms with Gasteiger partial charge in [-0.2, -0.15) is 0 Å². The zero-order valence-electron chi connectivity index (χ0n) is 14.9. The first-order chi connectivity index (χ1) is 11.3. The first-order valence-corrected chi connectivity index (χ1v) is 8.85. The molecule has 1 amide bonds. The van der Waals surface area contributed by atoms with Crippen LogP contribution in [0.4, 0.5) is 5.82 Å². The second-order valence-electron chi connectivity index (χ2n) is 6.06. The Bertz CT molecular complexity index is 668. The largest absolute Gasteiger partial charge is 0.307 e. The summed E-state index contributed by atoms with van der Waals surface area (Å²) >= 11 is 3.30. The quantitative estimate of drug-likeness (QED) is 0.672. The lowest BCUT2D eigenvalue weighted by Gasteiger charge is -2.18. The molecule has 1 aromatic carbocycles. The van der Waals surface area contributed by atoms with Gasteiger partial charge in [0.25, 0.3) is 0 Å². The highest BCUT2D eigenvalue weighted by molar-refractivity contribution is 9.10. The number of aromatic nitrogens is 1. The summed E-state index contributed by atoms with van der Waals surface area (Å²) < 4.78 is 0.875. The molecule has 0 aliphatic heterocycles. The molecule has 0 fully saturated rings. The van der Waals surface area contributed by atoms with Crippen LogP contribution in [-0.2, 0) is 10.2 Å². The van der Waals surface area contributed by atoms with Crippen LogP contribution >= 0.6 is 15.9 Å². The maximum absolute atomic E-state index is 11.8. The van der Waals surface area contributed by atoms with E-state index in [4.69, 9.17) is 0 Å². The molecule has 0 aliphatic carbocycles. The van der Waals surface area contributed by atoms with Gasteiger partial charge in [0.05, 0.1) is 0 Å². The van der Waals surface area contributed by atoms with E-state index in [-0.39, 0.29) is 11.3 Å². The summed E-state index contributed by atoms with van der Waals surface area (Å²) in [5, 5.41) is 2.72. The number of amides is 1. The number of carbonyl (C=O) groups is 1. The molecule has 3 nitrogen and oxygen atoms in total. The van der Waals surface area contributed by atoms with Crippen molar-refractivity contribution in [1.29, 1.82) is 0 Å². The van der Waals surface area contributed by atoms with Crippen molar-refractivity contribution in [2.75, 3.05) is 5.32 Å². The van der Waals surface area contributed by atoms with Crippen LogP contribution in [0.1, 0.15) is 45.7 Å². The number of nitrogens with zero attached hydrogens (tertiary/aromatic N) is 1. The Hall–Kier alpha value is -1.94. The maximum Gasteiger partial charge on any atom is 0.249 e. The van der Waals surface area contributed by atoms with E-state index in [0.717, 1.165) is 10.0 Å². The number of carbonyl (C=O) groups excluding carboxylic acids is 1. The third-order valence-electron chi connectivity index (χ3n) is 3.18. The van der Waals surface area contributed by atoms with Gasteiger partial charge in [0.2, 0.25) is 5.91 Å². The topological polar surface area (TPSA) is 42.0 Å². The molecule has 1 N–H and O–H groups in total. The predicted molar refractivity (Wildman–Crippen MR) is 106 cm³/mol. The number of hydrogen-bond acceptors (Lipinski definition) is 2. The Morgan fingerprint density at radius 1 is 1.08 bits per heavy atom. The van der Waals surface area contributed by atoms with Crippen molar-refractivity contribution in [2.24, 2.45) is 0 Å². The van der Waals surface area contributed by atoms with Crippen LogP contribution in [0.25, 0.3) is 6.08 Å². The molecule has 2 aromatic rings. The first-order valence-electron chi connectivity index (χ1n) is 8.06. The molecule has 1 aromatic heterocycles. The standard InChI is InChI=1S/C18H19BrN2O.C2H6/c1-18(2,3)14-7-4-13(5-8-14)6-11-17(22)21-16-10-9-15(19)12-20-16;1-2/h4-12H,1-3H3,(H,20,21,22);1-2H3/b11-6+;. The molecule has 0 aliphatic rings. The van der Waals surface area contributed by atoms with Gasteiger partial charge in [0.1, 0.15) is 5.82 Å². The minimum atomic E-state index is -0.199. The summed E-state index contributed by atoms with van der Waals surface area (Å²) in [7, 11) is 0. The SMILES string of the molecule is CC.CC(C)(C)c1ccc(/C=C/C(=O)Nc2ccc(Br)cn2)cc1. The molecule has 2 rings (SSSR count). The Kier molecular flexibility index (Phi) is 7.86. The van der Waals surface area contributed by atoms with Gasteiger partial charge in [-0.05, 0) is 50.7 Å². The molecule has 0 spiro atoms.